The van der Waals surface area contributed by atoms with Crippen LogP contribution in [0.15, 0.2) is 42.5 Å². The van der Waals surface area contributed by atoms with E-state index < -0.39 is 0 Å². The standard InChI is InChI=1S/C16H17BrO2/c1-3-18-14-6-8-15(9-7-14)19-16-5-4-13(11-17)12(2)10-16/h4-10H,3,11H2,1-2H3. The molecule has 0 bridgehead atoms. The fourth-order valence-electron chi connectivity index (χ4n) is 1.79. The predicted molar refractivity (Wildman–Crippen MR) is 81.5 cm³/mol. The van der Waals surface area contributed by atoms with Crippen molar-refractivity contribution in [2.75, 3.05) is 6.61 Å². The highest BCUT2D eigenvalue weighted by Crippen LogP contribution is 2.26. The van der Waals surface area contributed by atoms with E-state index in [4.69, 9.17) is 9.47 Å². The Morgan fingerprint density at radius 1 is 0.947 bits per heavy atom. The van der Waals surface area contributed by atoms with Gasteiger partial charge in [0.1, 0.15) is 17.2 Å². The summed E-state index contributed by atoms with van der Waals surface area (Å²) in [6, 6.07) is 13.8. The number of rotatable bonds is 5. The molecule has 0 spiro atoms. The lowest BCUT2D eigenvalue weighted by molar-refractivity contribution is 0.339. The van der Waals surface area contributed by atoms with Crippen LogP contribution in [0.4, 0.5) is 0 Å². The van der Waals surface area contributed by atoms with Crippen LogP contribution in [-0.4, -0.2) is 6.61 Å². The molecule has 0 aromatic heterocycles. The molecule has 0 saturated carbocycles. The Kier molecular flexibility index (Phi) is 4.86. The maximum atomic E-state index is 5.82. The average molecular weight is 321 g/mol. The molecule has 0 aliphatic heterocycles. The van der Waals surface area contributed by atoms with Gasteiger partial charge in [-0.05, 0) is 61.4 Å². The summed E-state index contributed by atoms with van der Waals surface area (Å²) in [4.78, 5) is 0. The first kappa shape index (κ1) is 13.9. The lowest BCUT2D eigenvalue weighted by Crippen LogP contribution is -1.91. The Bertz CT molecular complexity index is 535. The first-order chi connectivity index (χ1) is 9.22. The molecule has 0 fully saturated rings. The van der Waals surface area contributed by atoms with Gasteiger partial charge in [0.2, 0.25) is 0 Å². The first-order valence-electron chi connectivity index (χ1n) is 6.29. The van der Waals surface area contributed by atoms with Crippen LogP contribution < -0.4 is 9.47 Å². The molecule has 0 unspecified atom stereocenters. The fraction of sp³-hybridized carbons (Fsp3) is 0.250. The van der Waals surface area contributed by atoms with E-state index in [0.717, 1.165) is 22.6 Å². The Hall–Kier alpha value is -1.48. The lowest BCUT2D eigenvalue weighted by atomic mass is 10.1. The molecule has 2 aromatic carbocycles. The van der Waals surface area contributed by atoms with E-state index in [1.54, 1.807) is 0 Å². The third-order valence-corrected chi connectivity index (χ3v) is 3.43. The minimum Gasteiger partial charge on any atom is -0.494 e. The average Bonchev–Trinajstić information content (AvgIpc) is 2.42. The second-order valence-corrected chi connectivity index (χ2v) is 4.79. The molecule has 0 aliphatic carbocycles. The number of aryl methyl sites for hydroxylation is 1. The monoisotopic (exact) mass is 320 g/mol. The van der Waals surface area contributed by atoms with Gasteiger partial charge in [-0.25, -0.2) is 0 Å². The molecule has 0 N–H and O–H groups in total. The summed E-state index contributed by atoms with van der Waals surface area (Å²) in [5.74, 6) is 2.53. The van der Waals surface area contributed by atoms with Gasteiger partial charge >= 0.3 is 0 Å². The molecule has 0 atom stereocenters. The van der Waals surface area contributed by atoms with Crippen molar-refractivity contribution in [3.05, 3.63) is 53.6 Å². The van der Waals surface area contributed by atoms with E-state index in [1.807, 2.05) is 43.3 Å². The van der Waals surface area contributed by atoms with Gasteiger partial charge in [-0.1, -0.05) is 22.0 Å². The van der Waals surface area contributed by atoms with Crippen LogP contribution in [0.3, 0.4) is 0 Å². The van der Waals surface area contributed by atoms with Gasteiger partial charge < -0.3 is 9.47 Å². The van der Waals surface area contributed by atoms with Gasteiger partial charge in [0, 0.05) is 5.33 Å². The maximum absolute atomic E-state index is 5.82. The maximum Gasteiger partial charge on any atom is 0.127 e. The van der Waals surface area contributed by atoms with E-state index in [0.29, 0.717) is 6.61 Å². The van der Waals surface area contributed by atoms with E-state index in [1.165, 1.54) is 11.1 Å². The summed E-state index contributed by atoms with van der Waals surface area (Å²) < 4.78 is 11.2. The topological polar surface area (TPSA) is 18.5 Å². The van der Waals surface area contributed by atoms with Gasteiger partial charge in [0.25, 0.3) is 0 Å². The first-order valence-corrected chi connectivity index (χ1v) is 7.41. The van der Waals surface area contributed by atoms with Crippen molar-refractivity contribution >= 4 is 15.9 Å². The molecule has 0 aliphatic rings. The van der Waals surface area contributed by atoms with Gasteiger partial charge in [-0.15, -0.1) is 0 Å². The van der Waals surface area contributed by atoms with Crippen molar-refractivity contribution in [1.82, 2.24) is 0 Å². The summed E-state index contributed by atoms with van der Waals surface area (Å²) in [6.07, 6.45) is 0. The number of alkyl halides is 1. The second kappa shape index (κ2) is 6.62. The molecule has 0 heterocycles. The number of benzene rings is 2. The summed E-state index contributed by atoms with van der Waals surface area (Å²) in [5, 5.41) is 0.863. The van der Waals surface area contributed by atoms with E-state index in [9.17, 15) is 0 Å². The largest absolute Gasteiger partial charge is 0.494 e. The minimum atomic E-state index is 0.674. The van der Waals surface area contributed by atoms with Crippen LogP contribution in [0, 0.1) is 6.92 Å². The third kappa shape index (κ3) is 3.74. The predicted octanol–water partition coefficient (Wildman–Crippen LogP) is 5.08. The van der Waals surface area contributed by atoms with Crippen molar-refractivity contribution in [3.8, 4) is 17.2 Å². The molecule has 19 heavy (non-hydrogen) atoms. The SMILES string of the molecule is CCOc1ccc(Oc2ccc(CBr)c(C)c2)cc1. The quantitative estimate of drug-likeness (QED) is 0.715. The molecule has 2 rings (SSSR count). The van der Waals surface area contributed by atoms with Crippen LogP contribution in [0.25, 0.3) is 0 Å². The molecule has 2 aromatic rings. The molecule has 2 nitrogen and oxygen atoms in total. The summed E-state index contributed by atoms with van der Waals surface area (Å²) in [6.45, 7) is 4.73. The van der Waals surface area contributed by atoms with Crippen LogP contribution in [0.2, 0.25) is 0 Å². The Morgan fingerprint density at radius 2 is 1.58 bits per heavy atom. The molecular formula is C16H17BrO2. The Balaban J connectivity index is 2.10. The number of hydrogen-bond acceptors (Lipinski definition) is 2. The van der Waals surface area contributed by atoms with Crippen LogP contribution in [-0.2, 0) is 5.33 Å². The van der Waals surface area contributed by atoms with Crippen molar-refractivity contribution in [3.63, 3.8) is 0 Å². The summed E-state index contributed by atoms with van der Waals surface area (Å²) in [7, 11) is 0. The highest BCUT2D eigenvalue weighted by molar-refractivity contribution is 9.08. The van der Waals surface area contributed by atoms with Crippen molar-refractivity contribution in [2.24, 2.45) is 0 Å². The zero-order valence-electron chi connectivity index (χ0n) is 11.2. The summed E-state index contributed by atoms with van der Waals surface area (Å²) in [5.41, 5.74) is 2.50. The van der Waals surface area contributed by atoms with Gasteiger partial charge in [-0.3, -0.25) is 0 Å². The zero-order chi connectivity index (χ0) is 13.7. The summed E-state index contributed by atoms with van der Waals surface area (Å²) >= 11 is 3.47. The van der Waals surface area contributed by atoms with Gasteiger partial charge in [0.15, 0.2) is 0 Å². The minimum absolute atomic E-state index is 0.674. The molecule has 0 amide bonds. The third-order valence-electron chi connectivity index (χ3n) is 2.83. The number of hydrogen-bond donors (Lipinski definition) is 0. The van der Waals surface area contributed by atoms with Gasteiger partial charge in [0.05, 0.1) is 6.61 Å². The molecule has 0 saturated heterocycles. The van der Waals surface area contributed by atoms with Crippen LogP contribution >= 0.6 is 15.9 Å². The second-order valence-electron chi connectivity index (χ2n) is 4.23. The Morgan fingerprint density at radius 3 is 2.16 bits per heavy atom. The molecule has 0 radical (unpaired) electrons. The number of halogens is 1. The zero-order valence-corrected chi connectivity index (χ0v) is 12.7. The van der Waals surface area contributed by atoms with Crippen LogP contribution in [0.5, 0.6) is 17.2 Å². The van der Waals surface area contributed by atoms with E-state index >= 15 is 0 Å². The van der Waals surface area contributed by atoms with E-state index in [2.05, 4.69) is 28.9 Å². The molecule has 100 valence electrons. The van der Waals surface area contributed by atoms with Gasteiger partial charge in [-0.2, -0.15) is 0 Å². The van der Waals surface area contributed by atoms with Crippen molar-refractivity contribution in [1.29, 1.82) is 0 Å². The normalized spacial score (nSPS) is 10.3. The Labute approximate surface area is 122 Å². The highest BCUT2D eigenvalue weighted by Gasteiger charge is 2.02. The highest BCUT2D eigenvalue weighted by atomic mass is 79.9. The molecule has 3 heteroatoms. The fourth-order valence-corrected chi connectivity index (χ4v) is 2.42. The van der Waals surface area contributed by atoms with E-state index in [-0.39, 0.29) is 0 Å². The van der Waals surface area contributed by atoms with Crippen molar-refractivity contribution in [2.45, 2.75) is 19.2 Å². The van der Waals surface area contributed by atoms with Crippen molar-refractivity contribution < 1.29 is 9.47 Å². The van der Waals surface area contributed by atoms with Crippen LogP contribution in [0.1, 0.15) is 18.1 Å². The molecular weight excluding hydrogens is 304 g/mol. The smallest absolute Gasteiger partial charge is 0.127 e. The lowest BCUT2D eigenvalue weighted by Gasteiger charge is -2.09. The number of ether oxygens (including phenoxy) is 2.